The first-order valence-electron chi connectivity index (χ1n) is 9.97. The summed E-state index contributed by atoms with van der Waals surface area (Å²) in [6, 6.07) is 12.3. The van der Waals surface area contributed by atoms with E-state index in [1.165, 1.54) is 12.4 Å². The summed E-state index contributed by atoms with van der Waals surface area (Å²) in [6.45, 7) is 3.33. The number of hydrogen-bond acceptors (Lipinski definition) is 7. The van der Waals surface area contributed by atoms with E-state index >= 15 is 0 Å². The quantitative estimate of drug-likeness (QED) is 0.400. The fourth-order valence-electron chi connectivity index (χ4n) is 3.53. The highest BCUT2D eigenvalue weighted by Gasteiger charge is 2.25. The summed E-state index contributed by atoms with van der Waals surface area (Å²) in [5.74, 6) is -0.203. The number of aromatic nitrogens is 3. The average molecular weight is 473 g/mol. The summed E-state index contributed by atoms with van der Waals surface area (Å²) < 4.78 is 1.68. The van der Waals surface area contributed by atoms with E-state index in [1.54, 1.807) is 28.6 Å². The van der Waals surface area contributed by atoms with Crippen molar-refractivity contribution >= 4 is 35.0 Å². The summed E-state index contributed by atoms with van der Waals surface area (Å²) in [4.78, 5) is 28.6. The number of piperazine rings is 1. The molecule has 2 aromatic carbocycles. The van der Waals surface area contributed by atoms with Crippen LogP contribution >= 0.6 is 23.4 Å². The Morgan fingerprint density at radius 2 is 1.97 bits per heavy atom. The van der Waals surface area contributed by atoms with Crippen molar-refractivity contribution in [3.05, 3.63) is 75.1 Å². The van der Waals surface area contributed by atoms with Crippen molar-refractivity contribution in [2.24, 2.45) is 7.05 Å². The molecule has 0 atom stereocenters. The first-order valence-corrected chi connectivity index (χ1v) is 11.2. The molecular formula is C21H21ClN6O3S. The fourth-order valence-corrected chi connectivity index (χ4v) is 4.59. The van der Waals surface area contributed by atoms with Gasteiger partial charge in [-0.15, -0.1) is 10.2 Å². The lowest BCUT2D eigenvalue weighted by molar-refractivity contribution is -0.387. The molecule has 0 spiro atoms. The maximum Gasteiger partial charge on any atom is 0.284 e. The van der Waals surface area contributed by atoms with Gasteiger partial charge >= 0.3 is 0 Å². The van der Waals surface area contributed by atoms with Gasteiger partial charge in [-0.1, -0.05) is 23.7 Å². The fraction of sp³-hybridized carbons (Fsp3) is 0.286. The zero-order chi connectivity index (χ0) is 22.7. The van der Waals surface area contributed by atoms with Gasteiger partial charge in [0.15, 0.2) is 5.16 Å². The summed E-state index contributed by atoms with van der Waals surface area (Å²) in [5.41, 5.74) is 1.31. The number of nitrogens with zero attached hydrogens (tertiary/aromatic N) is 6. The van der Waals surface area contributed by atoms with Gasteiger partial charge in [0.1, 0.15) is 6.33 Å². The monoisotopic (exact) mass is 472 g/mol. The first-order chi connectivity index (χ1) is 15.4. The Labute approximate surface area is 194 Å². The number of amides is 1. The highest BCUT2D eigenvalue weighted by molar-refractivity contribution is 7.99. The molecule has 1 amide bonds. The SMILES string of the molecule is Cn1cnnc1Sc1ccc(C(=O)N2CCN(Cc3cccc(Cl)c3)CC2)cc1[N+](=O)[O-]. The Hall–Kier alpha value is -2.95. The largest absolute Gasteiger partial charge is 0.336 e. The number of hydrogen-bond donors (Lipinski definition) is 0. The minimum atomic E-state index is -0.474. The van der Waals surface area contributed by atoms with Gasteiger partial charge in [0.05, 0.1) is 9.82 Å². The third-order valence-corrected chi connectivity index (χ3v) is 6.58. The van der Waals surface area contributed by atoms with Gasteiger partial charge in [-0.2, -0.15) is 0 Å². The second-order valence-electron chi connectivity index (χ2n) is 7.46. The van der Waals surface area contributed by atoms with Gasteiger partial charge in [-0.3, -0.25) is 19.8 Å². The Kier molecular flexibility index (Phi) is 6.73. The molecule has 1 fully saturated rings. The average Bonchev–Trinajstić information content (AvgIpc) is 3.18. The Balaban J connectivity index is 1.42. The number of nitro groups is 1. The van der Waals surface area contributed by atoms with E-state index in [0.29, 0.717) is 33.7 Å². The molecule has 4 rings (SSSR count). The molecule has 1 aromatic heterocycles. The Morgan fingerprint density at radius 3 is 2.62 bits per heavy atom. The van der Waals surface area contributed by atoms with Crippen molar-refractivity contribution in [3.63, 3.8) is 0 Å². The molecule has 2 heterocycles. The van der Waals surface area contributed by atoms with Gasteiger partial charge in [-0.25, -0.2) is 0 Å². The number of carbonyl (C=O) groups is 1. The third kappa shape index (κ3) is 5.09. The molecule has 0 unspecified atom stereocenters. The van der Waals surface area contributed by atoms with E-state index in [-0.39, 0.29) is 11.6 Å². The summed E-state index contributed by atoms with van der Waals surface area (Å²) in [7, 11) is 1.76. The number of rotatable bonds is 6. The normalized spacial score (nSPS) is 14.5. The van der Waals surface area contributed by atoms with Gasteiger partial charge in [-0.05, 0) is 41.6 Å². The van der Waals surface area contributed by atoms with Crippen LogP contribution in [-0.4, -0.2) is 61.6 Å². The molecule has 0 N–H and O–H groups in total. The van der Waals surface area contributed by atoms with Gasteiger partial charge in [0.2, 0.25) is 0 Å². The predicted molar refractivity (Wildman–Crippen MR) is 121 cm³/mol. The van der Waals surface area contributed by atoms with Crippen molar-refractivity contribution in [2.75, 3.05) is 26.2 Å². The number of nitro benzene ring substituents is 1. The van der Waals surface area contributed by atoms with E-state index in [2.05, 4.69) is 15.1 Å². The minimum absolute atomic E-state index is 0.122. The van der Waals surface area contributed by atoms with Crippen LogP contribution in [0.1, 0.15) is 15.9 Å². The maximum atomic E-state index is 13.0. The number of benzene rings is 2. The molecule has 0 bridgehead atoms. The van der Waals surface area contributed by atoms with Crippen molar-refractivity contribution in [1.29, 1.82) is 0 Å². The standard InChI is InChI=1S/C21H21ClN6O3S/c1-25-14-23-24-21(25)32-19-6-5-16(12-18(19)28(30)31)20(29)27-9-7-26(8-10-27)13-15-3-2-4-17(22)11-15/h2-6,11-12,14H,7-10,13H2,1H3. The van der Waals surface area contributed by atoms with Crippen LogP contribution in [-0.2, 0) is 13.6 Å². The summed E-state index contributed by atoms with van der Waals surface area (Å²) in [5, 5.41) is 20.6. The molecular weight excluding hydrogens is 452 g/mol. The van der Waals surface area contributed by atoms with Gasteiger partial charge in [0, 0.05) is 56.4 Å². The Bertz CT molecular complexity index is 1150. The van der Waals surface area contributed by atoms with Crippen LogP contribution in [0, 0.1) is 10.1 Å². The molecule has 1 aliphatic rings. The molecule has 3 aromatic rings. The van der Waals surface area contributed by atoms with Crippen LogP contribution in [0.4, 0.5) is 5.69 Å². The molecule has 9 nitrogen and oxygen atoms in total. The number of carbonyl (C=O) groups excluding carboxylic acids is 1. The van der Waals surface area contributed by atoms with E-state index in [9.17, 15) is 14.9 Å². The van der Waals surface area contributed by atoms with E-state index in [0.717, 1.165) is 37.0 Å². The van der Waals surface area contributed by atoms with Crippen LogP contribution in [0.25, 0.3) is 0 Å². The van der Waals surface area contributed by atoms with Crippen LogP contribution in [0.3, 0.4) is 0 Å². The molecule has 166 valence electrons. The van der Waals surface area contributed by atoms with E-state index in [4.69, 9.17) is 11.6 Å². The molecule has 0 radical (unpaired) electrons. The lowest BCUT2D eigenvalue weighted by Crippen LogP contribution is -2.48. The van der Waals surface area contributed by atoms with E-state index < -0.39 is 4.92 Å². The first kappa shape index (κ1) is 22.3. The number of aryl methyl sites for hydroxylation is 1. The Morgan fingerprint density at radius 1 is 1.19 bits per heavy atom. The highest BCUT2D eigenvalue weighted by Crippen LogP contribution is 2.34. The molecule has 0 aliphatic carbocycles. The molecule has 32 heavy (non-hydrogen) atoms. The lowest BCUT2D eigenvalue weighted by atomic mass is 10.1. The van der Waals surface area contributed by atoms with Crippen molar-refractivity contribution in [1.82, 2.24) is 24.6 Å². The van der Waals surface area contributed by atoms with Crippen molar-refractivity contribution in [3.8, 4) is 0 Å². The highest BCUT2D eigenvalue weighted by atomic mass is 35.5. The van der Waals surface area contributed by atoms with Crippen LogP contribution in [0.5, 0.6) is 0 Å². The zero-order valence-electron chi connectivity index (χ0n) is 17.3. The molecule has 0 saturated carbocycles. The predicted octanol–water partition coefficient (Wildman–Crippen LogP) is 3.49. The zero-order valence-corrected chi connectivity index (χ0v) is 18.9. The van der Waals surface area contributed by atoms with Crippen LogP contribution in [0.2, 0.25) is 5.02 Å². The summed E-state index contributed by atoms with van der Waals surface area (Å²) in [6.07, 6.45) is 1.53. The van der Waals surface area contributed by atoms with E-state index in [1.807, 2.05) is 24.3 Å². The second kappa shape index (κ2) is 9.68. The maximum absolute atomic E-state index is 13.0. The molecule has 1 aliphatic heterocycles. The van der Waals surface area contributed by atoms with Crippen molar-refractivity contribution in [2.45, 2.75) is 16.6 Å². The molecule has 11 heteroatoms. The van der Waals surface area contributed by atoms with Gasteiger partial charge in [0.25, 0.3) is 11.6 Å². The van der Waals surface area contributed by atoms with Crippen molar-refractivity contribution < 1.29 is 9.72 Å². The summed E-state index contributed by atoms with van der Waals surface area (Å²) >= 11 is 7.20. The van der Waals surface area contributed by atoms with Crippen LogP contribution < -0.4 is 0 Å². The number of halogens is 1. The van der Waals surface area contributed by atoms with Crippen LogP contribution in [0.15, 0.2) is 58.8 Å². The topological polar surface area (TPSA) is 97.4 Å². The lowest BCUT2D eigenvalue weighted by Gasteiger charge is -2.34. The molecule has 1 saturated heterocycles. The third-order valence-electron chi connectivity index (χ3n) is 5.23. The second-order valence-corrected chi connectivity index (χ2v) is 8.91. The minimum Gasteiger partial charge on any atom is -0.336 e. The van der Waals surface area contributed by atoms with Gasteiger partial charge < -0.3 is 9.47 Å². The smallest absolute Gasteiger partial charge is 0.284 e.